The lowest BCUT2D eigenvalue weighted by molar-refractivity contribution is 0.0735. The number of hydrogen-bond donors (Lipinski definition) is 1. The van der Waals surface area contributed by atoms with Crippen LogP contribution >= 0.6 is 11.6 Å². The number of likely N-dealkylation sites (tertiary alicyclic amines) is 1. The zero-order valence-corrected chi connectivity index (χ0v) is 14.9. The molecule has 1 saturated heterocycles. The first-order chi connectivity index (χ1) is 12.0. The molecular formula is C19H20ClNO4. The number of nitrogens with zero attached hydrogens (tertiary/aromatic N) is 1. The van der Waals surface area contributed by atoms with E-state index in [0.717, 1.165) is 18.4 Å². The first-order valence-electron chi connectivity index (χ1n) is 8.06. The van der Waals surface area contributed by atoms with Crippen LogP contribution in [0.4, 0.5) is 0 Å². The highest BCUT2D eigenvalue weighted by Crippen LogP contribution is 2.38. The topological polar surface area (TPSA) is 59.0 Å². The van der Waals surface area contributed by atoms with Crippen molar-refractivity contribution < 1.29 is 19.4 Å². The van der Waals surface area contributed by atoms with E-state index >= 15 is 0 Å². The molecule has 0 bridgehead atoms. The van der Waals surface area contributed by atoms with Crippen LogP contribution in [0.15, 0.2) is 36.4 Å². The molecule has 132 valence electrons. The second-order valence-electron chi connectivity index (χ2n) is 5.94. The molecule has 2 aromatic rings. The summed E-state index contributed by atoms with van der Waals surface area (Å²) in [5.41, 5.74) is 1.48. The van der Waals surface area contributed by atoms with Crippen molar-refractivity contribution in [2.45, 2.75) is 18.9 Å². The Morgan fingerprint density at radius 3 is 2.60 bits per heavy atom. The highest BCUT2D eigenvalue weighted by molar-refractivity contribution is 6.32. The number of halogens is 1. The second-order valence-corrected chi connectivity index (χ2v) is 6.34. The second kappa shape index (κ2) is 7.23. The third-order valence-corrected chi connectivity index (χ3v) is 4.80. The Morgan fingerprint density at radius 1 is 1.16 bits per heavy atom. The van der Waals surface area contributed by atoms with E-state index in [2.05, 4.69) is 0 Å². The average molecular weight is 362 g/mol. The van der Waals surface area contributed by atoms with Gasteiger partial charge in [0.1, 0.15) is 5.75 Å². The first-order valence-corrected chi connectivity index (χ1v) is 8.44. The molecule has 0 radical (unpaired) electrons. The highest BCUT2D eigenvalue weighted by atomic mass is 35.5. The summed E-state index contributed by atoms with van der Waals surface area (Å²) < 4.78 is 10.7. The number of methoxy groups -OCH3 is 2. The molecule has 25 heavy (non-hydrogen) atoms. The molecule has 3 rings (SSSR count). The van der Waals surface area contributed by atoms with E-state index in [1.807, 2.05) is 23.1 Å². The van der Waals surface area contributed by atoms with E-state index < -0.39 is 0 Å². The summed E-state index contributed by atoms with van der Waals surface area (Å²) in [5, 5.41) is 9.72. The normalized spacial score (nSPS) is 16.8. The summed E-state index contributed by atoms with van der Waals surface area (Å²) in [5.74, 6) is 1.18. The van der Waals surface area contributed by atoms with Crippen molar-refractivity contribution in [1.82, 2.24) is 4.90 Å². The highest BCUT2D eigenvalue weighted by Gasteiger charge is 2.31. The summed E-state index contributed by atoms with van der Waals surface area (Å²) in [6.45, 7) is 0.677. The van der Waals surface area contributed by atoms with Crippen LogP contribution in [-0.2, 0) is 0 Å². The number of aromatic hydroxyl groups is 1. The fourth-order valence-corrected chi connectivity index (χ4v) is 3.40. The minimum absolute atomic E-state index is 0.0279. The van der Waals surface area contributed by atoms with E-state index in [4.69, 9.17) is 21.1 Å². The lowest BCUT2D eigenvalue weighted by Gasteiger charge is -2.26. The van der Waals surface area contributed by atoms with E-state index in [1.165, 1.54) is 12.1 Å². The molecule has 1 aliphatic rings. The molecule has 1 aliphatic heterocycles. The van der Waals surface area contributed by atoms with Crippen molar-refractivity contribution in [1.29, 1.82) is 0 Å². The van der Waals surface area contributed by atoms with Gasteiger partial charge in [0.15, 0.2) is 11.5 Å². The van der Waals surface area contributed by atoms with E-state index in [-0.39, 0.29) is 22.7 Å². The van der Waals surface area contributed by atoms with Crippen LogP contribution < -0.4 is 9.47 Å². The minimum Gasteiger partial charge on any atom is -0.506 e. The first kappa shape index (κ1) is 17.4. The van der Waals surface area contributed by atoms with E-state index in [9.17, 15) is 9.90 Å². The molecule has 1 N–H and O–H groups in total. The largest absolute Gasteiger partial charge is 0.506 e. The molecule has 0 saturated carbocycles. The third kappa shape index (κ3) is 3.37. The third-order valence-electron chi connectivity index (χ3n) is 4.50. The number of carbonyl (C=O) groups excluding carboxylic acids is 1. The van der Waals surface area contributed by atoms with Gasteiger partial charge in [0.05, 0.1) is 25.3 Å². The van der Waals surface area contributed by atoms with Crippen molar-refractivity contribution in [3.8, 4) is 17.2 Å². The Labute approximate surface area is 151 Å². The molecule has 6 heteroatoms. The lowest BCUT2D eigenvalue weighted by Crippen LogP contribution is -2.30. The maximum atomic E-state index is 12.9. The van der Waals surface area contributed by atoms with Crippen molar-refractivity contribution in [3.05, 3.63) is 52.5 Å². The standard InChI is InChI=1S/C19H20ClNO4/c1-24-17-8-6-12(11-18(17)25-2)15-4-3-9-21(15)19(23)13-5-7-16(22)14(20)10-13/h5-8,10-11,15,22H,3-4,9H2,1-2H3. The monoisotopic (exact) mass is 361 g/mol. The Hall–Kier alpha value is -2.40. The Kier molecular flexibility index (Phi) is 5.04. The summed E-state index contributed by atoms with van der Waals surface area (Å²) in [6.07, 6.45) is 1.81. The number of phenols is 1. The molecule has 1 unspecified atom stereocenters. The Morgan fingerprint density at radius 2 is 1.92 bits per heavy atom. The molecule has 5 nitrogen and oxygen atoms in total. The molecule has 1 amide bonds. The predicted molar refractivity (Wildman–Crippen MR) is 95.7 cm³/mol. The van der Waals surface area contributed by atoms with Gasteiger partial charge in [-0.1, -0.05) is 17.7 Å². The van der Waals surface area contributed by atoms with E-state index in [0.29, 0.717) is 23.6 Å². The van der Waals surface area contributed by atoms with Gasteiger partial charge in [-0.05, 0) is 48.7 Å². The van der Waals surface area contributed by atoms with Crippen LogP contribution in [0.2, 0.25) is 5.02 Å². The van der Waals surface area contributed by atoms with Gasteiger partial charge in [-0.15, -0.1) is 0 Å². The molecule has 1 atom stereocenters. The van der Waals surface area contributed by atoms with Gasteiger partial charge >= 0.3 is 0 Å². The smallest absolute Gasteiger partial charge is 0.254 e. The van der Waals surface area contributed by atoms with Crippen molar-refractivity contribution >= 4 is 17.5 Å². The Balaban J connectivity index is 1.89. The number of benzene rings is 2. The fourth-order valence-electron chi connectivity index (χ4n) is 3.22. The van der Waals surface area contributed by atoms with Gasteiger partial charge in [0.2, 0.25) is 0 Å². The molecule has 0 aromatic heterocycles. The SMILES string of the molecule is COc1ccc(C2CCCN2C(=O)c2ccc(O)c(Cl)c2)cc1OC. The number of carbonyl (C=O) groups is 1. The van der Waals surface area contributed by atoms with Gasteiger partial charge in [0.25, 0.3) is 5.91 Å². The van der Waals surface area contributed by atoms with Gasteiger partial charge in [0, 0.05) is 12.1 Å². The maximum absolute atomic E-state index is 12.9. The van der Waals surface area contributed by atoms with Crippen LogP contribution in [0.3, 0.4) is 0 Å². The number of amides is 1. The lowest BCUT2D eigenvalue weighted by atomic mass is 10.0. The fraction of sp³-hybridized carbons (Fsp3) is 0.316. The van der Waals surface area contributed by atoms with Gasteiger partial charge in [-0.2, -0.15) is 0 Å². The van der Waals surface area contributed by atoms with Crippen molar-refractivity contribution in [2.75, 3.05) is 20.8 Å². The van der Waals surface area contributed by atoms with Crippen LogP contribution in [0.1, 0.15) is 34.8 Å². The Bertz CT molecular complexity index is 793. The van der Waals surface area contributed by atoms with Crippen LogP contribution in [0.25, 0.3) is 0 Å². The predicted octanol–water partition coefficient (Wildman–Crippen LogP) is 4.04. The van der Waals surface area contributed by atoms with Crippen LogP contribution in [-0.4, -0.2) is 36.7 Å². The molecule has 0 spiro atoms. The summed E-state index contributed by atoms with van der Waals surface area (Å²) in [7, 11) is 3.19. The van der Waals surface area contributed by atoms with Gasteiger partial charge < -0.3 is 19.5 Å². The molecule has 1 fully saturated rings. The summed E-state index contributed by atoms with van der Waals surface area (Å²) >= 11 is 5.94. The van der Waals surface area contributed by atoms with E-state index in [1.54, 1.807) is 20.3 Å². The molecule has 0 aliphatic carbocycles. The summed E-state index contributed by atoms with van der Waals surface area (Å²) in [6, 6.07) is 10.2. The van der Waals surface area contributed by atoms with Crippen molar-refractivity contribution in [2.24, 2.45) is 0 Å². The quantitative estimate of drug-likeness (QED) is 0.892. The van der Waals surface area contributed by atoms with Crippen LogP contribution in [0, 0.1) is 0 Å². The molecule has 2 aromatic carbocycles. The van der Waals surface area contributed by atoms with Crippen molar-refractivity contribution in [3.63, 3.8) is 0 Å². The average Bonchev–Trinajstić information content (AvgIpc) is 3.12. The zero-order valence-electron chi connectivity index (χ0n) is 14.2. The number of hydrogen-bond acceptors (Lipinski definition) is 4. The van der Waals surface area contributed by atoms with Crippen LogP contribution in [0.5, 0.6) is 17.2 Å². The minimum atomic E-state index is -0.0980. The van der Waals surface area contributed by atoms with Gasteiger partial charge in [-0.25, -0.2) is 0 Å². The number of rotatable bonds is 4. The zero-order chi connectivity index (χ0) is 18.0. The number of ether oxygens (including phenoxy) is 2. The summed E-state index contributed by atoms with van der Waals surface area (Å²) in [4.78, 5) is 14.7. The van der Waals surface area contributed by atoms with Gasteiger partial charge in [-0.3, -0.25) is 4.79 Å². The number of phenolic OH excluding ortho intramolecular Hbond substituents is 1. The maximum Gasteiger partial charge on any atom is 0.254 e. The molecular weight excluding hydrogens is 342 g/mol. The molecule has 1 heterocycles.